The summed E-state index contributed by atoms with van der Waals surface area (Å²) < 4.78 is 7.94. The minimum atomic E-state index is -0.510. The molecule has 0 aliphatic heterocycles. The molecule has 2 amide bonds. The predicted octanol–water partition coefficient (Wildman–Crippen LogP) is 4.11. The van der Waals surface area contributed by atoms with Crippen molar-refractivity contribution in [3.63, 3.8) is 0 Å². The first-order chi connectivity index (χ1) is 19.2. The molecule has 2 aromatic carbocycles. The maximum atomic E-state index is 12.1. The molecule has 0 saturated heterocycles. The number of amides is 2. The Hall–Kier alpha value is -4.42. The van der Waals surface area contributed by atoms with Crippen LogP contribution in [0.3, 0.4) is 0 Å². The number of allylic oxidation sites excluding steroid dienone is 2. The Morgan fingerprint density at radius 1 is 0.875 bits per heavy atom. The molecule has 217 valence electrons. The van der Waals surface area contributed by atoms with Gasteiger partial charge in [-0.15, -0.1) is 19.2 Å². The molecule has 11 nitrogen and oxygen atoms in total. The first-order valence-corrected chi connectivity index (χ1v) is 12.4. The zero-order chi connectivity index (χ0) is 30.3. The fraction of sp³-hybridized carbons (Fsp3) is 0.214. The molecule has 2 rings (SSSR count). The van der Waals surface area contributed by atoms with Crippen LogP contribution in [-0.2, 0) is 38.8 Å². The summed E-state index contributed by atoms with van der Waals surface area (Å²) >= 11 is 2.31. The van der Waals surface area contributed by atoms with Crippen molar-refractivity contribution in [3.8, 4) is 0 Å². The van der Waals surface area contributed by atoms with Crippen LogP contribution in [0.2, 0.25) is 0 Å². The van der Waals surface area contributed by atoms with Crippen LogP contribution in [0.4, 0.5) is 11.4 Å². The minimum absolute atomic E-state index is 0.0310. The number of oxime groups is 1. The number of anilines is 2. The standard InChI is InChI=1S/C24H27N6O4.C4H7.Co.O/c1-2-3-7-22(33)34-30-24(27)17-10-14-19(15-11-17)29-21(32)6-4-5-20(31)28-18-12-8-16(9-13-18)23(25)26;1-3-4-2;;/h2,8-15H,1,3-7H2,(H6-,25,26,27,28,29,30,31,32);3H,1-2,4H2;;/q2*-1;;. The van der Waals surface area contributed by atoms with Crippen LogP contribution in [-0.4, -0.2) is 29.5 Å². The molecule has 0 aliphatic carbocycles. The molecule has 0 saturated carbocycles. The first kappa shape index (κ1) is 35.6. The van der Waals surface area contributed by atoms with Gasteiger partial charge >= 0.3 is 25.5 Å². The third kappa shape index (κ3) is 15.7. The predicted molar refractivity (Wildman–Crippen MR) is 153 cm³/mol. The molecule has 6 N–H and O–H groups in total. The van der Waals surface area contributed by atoms with Crippen molar-refractivity contribution >= 4 is 40.8 Å². The van der Waals surface area contributed by atoms with Crippen LogP contribution in [0, 0.1) is 6.92 Å². The Bertz CT molecular complexity index is 1150. The molecule has 40 heavy (non-hydrogen) atoms. The summed E-state index contributed by atoms with van der Waals surface area (Å²) in [5.74, 6) is -1.25. The first-order valence-electron chi connectivity index (χ1n) is 12.0. The summed E-state index contributed by atoms with van der Waals surface area (Å²) in [5.41, 5.74) is 13.2. The van der Waals surface area contributed by atoms with E-state index in [1.165, 1.54) is 0 Å². The van der Waals surface area contributed by atoms with Crippen molar-refractivity contribution in [1.29, 1.82) is 0 Å². The van der Waals surface area contributed by atoms with E-state index < -0.39 is 5.97 Å². The summed E-state index contributed by atoms with van der Waals surface area (Å²) in [6, 6.07) is 13.0. The topological polar surface area (TPSA) is 188 Å². The van der Waals surface area contributed by atoms with E-state index in [-0.39, 0.29) is 42.7 Å². The zero-order valence-corrected chi connectivity index (χ0v) is 23.1. The number of nitrogens with one attached hydrogen (secondary N) is 2. The molecular formula is C28H34CoN6O5-2. The van der Waals surface area contributed by atoms with Gasteiger partial charge in [0.05, 0.1) is 6.42 Å². The van der Waals surface area contributed by atoms with Crippen molar-refractivity contribution in [1.82, 2.24) is 0 Å². The zero-order valence-electron chi connectivity index (χ0n) is 22.1. The van der Waals surface area contributed by atoms with Crippen LogP contribution in [0.5, 0.6) is 0 Å². The number of hydrogen-bond acceptors (Lipinski definition) is 6. The number of rotatable bonds is 13. The SMILES string of the molecule is C=CCCC(=O)O/N=C(\N)c1ccc(NC(=O)CCCC(=O)Nc2ccc(C(=[N-])N)cc2)cc1.C=CC[CH2-].[O]=[Co]. The summed E-state index contributed by atoms with van der Waals surface area (Å²) in [4.78, 5) is 40.4. The van der Waals surface area contributed by atoms with E-state index in [0.29, 0.717) is 35.3 Å². The van der Waals surface area contributed by atoms with Crippen LogP contribution in [0.1, 0.15) is 49.7 Å². The van der Waals surface area contributed by atoms with Gasteiger partial charge in [-0.1, -0.05) is 29.2 Å². The van der Waals surface area contributed by atoms with E-state index in [1.54, 1.807) is 60.7 Å². The molecule has 0 heterocycles. The molecule has 2 aromatic rings. The van der Waals surface area contributed by atoms with Gasteiger partial charge in [-0.05, 0) is 54.8 Å². The van der Waals surface area contributed by atoms with Gasteiger partial charge < -0.3 is 39.3 Å². The molecule has 0 aromatic heterocycles. The molecule has 0 fully saturated rings. The molecule has 12 heteroatoms. The number of nitrogens with two attached hydrogens (primary N) is 2. The quantitative estimate of drug-likeness (QED) is 0.0671. The molecular weight excluding hydrogens is 559 g/mol. The van der Waals surface area contributed by atoms with Crippen LogP contribution >= 0.6 is 0 Å². The summed E-state index contributed by atoms with van der Waals surface area (Å²) in [5, 5.41) is 18.3. The van der Waals surface area contributed by atoms with Gasteiger partial charge in [0.2, 0.25) is 11.8 Å². The second-order valence-electron chi connectivity index (χ2n) is 7.83. The van der Waals surface area contributed by atoms with Crippen molar-refractivity contribution in [2.45, 2.75) is 38.5 Å². The Morgan fingerprint density at radius 3 is 1.73 bits per heavy atom. The number of carbonyl (C=O) groups excluding carboxylic acids is 3. The van der Waals surface area contributed by atoms with E-state index in [4.69, 9.17) is 20.2 Å². The van der Waals surface area contributed by atoms with Crippen molar-refractivity contribution < 1.29 is 38.8 Å². The molecule has 0 radical (unpaired) electrons. The van der Waals surface area contributed by atoms with Gasteiger partial charge in [-0.25, -0.2) is 4.79 Å². The van der Waals surface area contributed by atoms with Gasteiger partial charge in [0.1, 0.15) is 0 Å². The Morgan fingerprint density at radius 2 is 1.32 bits per heavy atom. The molecule has 0 aliphatic rings. The van der Waals surface area contributed by atoms with E-state index in [1.807, 2.05) is 0 Å². The van der Waals surface area contributed by atoms with E-state index >= 15 is 0 Å². The van der Waals surface area contributed by atoms with Crippen molar-refractivity contribution in [2.24, 2.45) is 16.6 Å². The number of nitrogens with zero attached hydrogens (tertiary/aromatic N) is 2. The molecule has 0 atom stereocenters. The molecule has 0 unspecified atom stereocenters. The third-order valence-electron chi connectivity index (χ3n) is 4.74. The maximum absolute atomic E-state index is 12.1. The average Bonchev–Trinajstić information content (AvgIpc) is 2.96. The fourth-order valence-electron chi connectivity index (χ4n) is 2.72. The summed E-state index contributed by atoms with van der Waals surface area (Å²) in [6.45, 7) is 10.4. The summed E-state index contributed by atoms with van der Waals surface area (Å²) in [6.07, 6.45) is 5.55. The van der Waals surface area contributed by atoms with Gasteiger partial charge in [0, 0.05) is 29.8 Å². The Kier molecular flexibility index (Phi) is 19.1. The fourth-order valence-corrected chi connectivity index (χ4v) is 2.72. The second-order valence-corrected chi connectivity index (χ2v) is 7.83. The number of hydrogen-bond donors (Lipinski definition) is 4. The molecule has 0 bridgehead atoms. The van der Waals surface area contributed by atoms with Crippen LogP contribution in [0.15, 0.2) is 79.0 Å². The molecule has 0 spiro atoms. The van der Waals surface area contributed by atoms with Gasteiger partial charge in [0.15, 0.2) is 5.84 Å². The number of carbonyl (C=O) groups is 3. The van der Waals surface area contributed by atoms with Gasteiger partial charge in [0.25, 0.3) is 0 Å². The van der Waals surface area contributed by atoms with Gasteiger partial charge in [-0.2, -0.15) is 6.42 Å². The number of amidine groups is 2. The summed E-state index contributed by atoms with van der Waals surface area (Å²) in [7, 11) is 0. The average molecular weight is 594 g/mol. The van der Waals surface area contributed by atoms with Crippen LogP contribution < -0.4 is 22.1 Å². The van der Waals surface area contributed by atoms with E-state index in [0.717, 1.165) is 6.42 Å². The van der Waals surface area contributed by atoms with Crippen molar-refractivity contribution in [3.05, 3.63) is 97.3 Å². The second kappa shape index (κ2) is 21.5. The normalized spacial score (nSPS) is 9.90. The van der Waals surface area contributed by atoms with E-state index in [2.05, 4.69) is 51.5 Å². The van der Waals surface area contributed by atoms with Crippen molar-refractivity contribution in [2.75, 3.05) is 10.6 Å². The van der Waals surface area contributed by atoms with E-state index in [9.17, 15) is 19.8 Å². The number of benzene rings is 2. The third-order valence-corrected chi connectivity index (χ3v) is 4.74. The monoisotopic (exact) mass is 593 g/mol. The Balaban J connectivity index is 0.00000232. The van der Waals surface area contributed by atoms with Crippen LogP contribution in [0.25, 0.3) is 5.41 Å². The van der Waals surface area contributed by atoms with Gasteiger partial charge in [-0.3, -0.25) is 9.59 Å². The Labute approximate surface area is 242 Å².